The summed E-state index contributed by atoms with van der Waals surface area (Å²) in [5.41, 5.74) is 0.911. The van der Waals surface area contributed by atoms with Gasteiger partial charge < -0.3 is 9.73 Å². The van der Waals surface area contributed by atoms with Gasteiger partial charge in [0.25, 0.3) is 5.91 Å². The van der Waals surface area contributed by atoms with Crippen LogP contribution in [-0.2, 0) is 0 Å². The fourth-order valence-electron chi connectivity index (χ4n) is 2.46. The molecule has 1 amide bonds. The number of amides is 1. The summed E-state index contributed by atoms with van der Waals surface area (Å²) in [4.78, 5) is 12.0. The van der Waals surface area contributed by atoms with Crippen LogP contribution < -0.4 is 5.32 Å². The Morgan fingerprint density at radius 1 is 1.24 bits per heavy atom. The van der Waals surface area contributed by atoms with Gasteiger partial charge in [0, 0.05) is 11.6 Å². The first-order chi connectivity index (χ1) is 8.27. The zero-order valence-electron chi connectivity index (χ0n) is 10.5. The van der Waals surface area contributed by atoms with Crippen LogP contribution in [0.5, 0.6) is 0 Å². The molecule has 0 saturated heterocycles. The summed E-state index contributed by atoms with van der Waals surface area (Å²) in [5, 5.41) is 3.10. The molecule has 1 aromatic heterocycles. The minimum atomic E-state index is -0.0573. The quantitative estimate of drug-likeness (QED) is 0.853. The van der Waals surface area contributed by atoms with Crippen molar-refractivity contribution in [2.24, 2.45) is 0 Å². The molecule has 1 aromatic rings. The van der Waals surface area contributed by atoms with E-state index >= 15 is 0 Å². The molecule has 0 aliphatic heterocycles. The van der Waals surface area contributed by atoms with Crippen LogP contribution in [0, 0.1) is 6.92 Å². The Morgan fingerprint density at radius 2 is 1.88 bits per heavy atom. The van der Waals surface area contributed by atoms with Gasteiger partial charge in [-0.1, -0.05) is 32.1 Å². The molecule has 1 aliphatic carbocycles. The predicted molar refractivity (Wildman–Crippen MR) is 67.0 cm³/mol. The Balaban J connectivity index is 1.91. The lowest BCUT2D eigenvalue weighted by atomic mass is 9.96. The maximum Gasteiger partial charge on any atom is 0.287 e. The minimum absolute atomic E-state index is 0.0573. The van der Waals surface area contributed by atoms with Crippen LogP contribution in [0.4, 0.5) is 0 Å². The van der Waals surface area contributed by atoms with E-state index in [2.05, 4.69) is 5.32 Å². The smallest absolute Gasteiger partial charge is 0.287 e. The molecule has 0 atom stereocenters. The topological polar surface area (TPSA) is 42.2 Å². The predicted octanol–water partition coefficient (Wildman–Crippen LogP) is 3.43. The van der Waals surface area contributed by atoms with E-state index in [1.54, 1.807) is 6.26 Å². The van der Waals surface area contributed by atoms with Crippen LogP contribution in [0.25, 0.3) is 0 Å². The first-order valence-corrected chi connectivity index (χ1v) is 6.62. The van der Waals surface area contributed by atoms with Crippen molar-refractivity contribution in [1.82, 2.24) is 5.32 Å². The standard InChI is InChI=1S/C14H21NO2/c1-11-9-10-17-13(11)14(16)15-12-7-5-3-2-4-6-8-12/h9-10,12H,2-8H2,1H3,(H,15,16). The van der Waals surface area contributed by atoms with E-state index < -0.39 is 0 Å². The average Bonchev–Trinajstić information content (AvgIpc) is 2.68. The summed E-state index contributed by atoms with van der Waals surface area (Å²) in [6, 6.07) is 2.15. The molecule has 1 N–H and O–H groups in total. The number of hydrogen-bond donors (Lipinski definition) is 1. The lowest BCUT2D eigenvalue weighted by Crippen LogP contribution is -2.35. The van der Waals surface area contributed by atoms with E-state index in [4.69, 9.17) is 4.42 Å². The molecule has 0 aromatic carbocycles. The summed E-state index contributed by atoms with van der Waals surface area (Å²) >= 11 is 0. The summed E-state index contributed by atoms with van der Waals surface area (Å²) in [5.74, 6) is 0.408. The highest BCUT2D eigenvalue weighted by atomic mass is 16.3. The van der Waals surface area contributed by atoms with E-state index in [0.717, 1.165) is 18.4 Å². The molecule has 94 valence electrons. The van der Waals surface area contributed by atoms with Crippen LogP contribution in [0.3, 0.4) is 0 Å². The fourth-order valence-corrected chi connectivity index (χ4v) is 2.46. The van der Waals surface area contributed by atoms with E-state index in [-0.39, 0.29) is 5.91 Å². The van der Waals surface area contributed by atoms with E-state index in [1.165, 1.54) is 32.1 Å². The minimum Gasteiger partial charge on any atom is -0.459 e. The molecule has 1 saturated carbocycles. The Labute approximate surface area is 103 Å². The van der Waals surface area contributed by atoms with Gasteiger partial charge in [0.1, 0.15) is 0 Å². The van der Waals surface area contributed by atoms with Gasteiger partial charge in [-0.05, 0) is 25.8 Å². The Bertz CT molecular complexity index is 362. The molecular weight excluding hydrogens is 214 g/mol. The van der Waals surface area contributed by atoms with Crippen molar-refractivity contribution in [2.45, 2.75) is 57.9 Å². The van der Waals surface area contributed by atoms with Gasteiger partial charge in [-0.25, -0.2) is 0 Å². The van der Waals surface area contributed by atoms with Crippen LogP contribution in [0.1, 0.15) is 61.1 Å². The highest BCUT2D eigenvalue weighted by Gasteiger charge is 2.18. The number of carbonyl (C=O) groups excluding carboxylic acids is 1. The van der Waals surface area contributed by atoms with Crippen LogP contribution in [0.15, 0.2) is 16.7 Å². The molecule has 0 radical (unpaired) electrons. The van der Waals surface area contributed by atoms with Crippen molar-refractivity contribution in [2.75, 3.05) is 0 Å². The molecule has 17 heavy (non-hydrogen) atoms. The van der Waals surface area contributed by atoms with E-state index in [0.29, 0.717) is 11.8 Å². The molecule has 3 nitrogen and oxygen atoms in total. The van der Waals surface area contributed by atoms with Gasteiger partial charge in [0.05, 0.1) is 6.26 Å². The largest absolute Gasteiger partial charge is 0.459 e. The Morgan fingerprint density at radius 3 is 2.47 bits per heavy atom. The van der Waals surface area contributed by atoms with Crippen molar-refractivity contribution in [1.29, 1.82) is 0 Å². The van der Waals surface area contributed by atoms with Crippen LogP contribution in [0.2, 0.25) is 0 Å². The maximum absolute atomic E-state index is 12.0. The SMILES string of the molecule is Cc1ccoc1C(=O)NC1CCCCCCC1. The molecule has 2 rings (SSSR count). The zero-order chi connectivity index (χ0) is 12.1. The molecule has 0 bridgehead atoms. The van der Waals surface area contributed by atoms with Crippen molar-refractivity contribution < 1.29 is 9.21 Å². The first-order valence-electron chi connectivity index (χ1n) is 6.62. The fraction of sp³-hybridized carbons (Fsp3) is 0.643. The van der Waals surface area contributed by atoms with Crippen LogP contribution >= 0.6 is 0 Å². The van der Waals surface area contributed by atoms with Gasteiger partial charge in [-0.3, -0.25) is 4.79 Å². The number of nitrogens with one attached hydrogen (secondary N) is 1. The molecule has 1 heterocycles. The summed E-state index contributed by atoms with van der Waals surface area (Å²) in [7, 11) is 0. The molecule has 1 aliphatic rings. The molecule has 3 heteroatoms. The second kappa shape index (κ2) is 5.89. The van der Waals surface area contributed by atoms with Gasteiger partial charge in [-0.15, -0.1) is 0 Å². The summed E-state index contributed by atoms with van der Waals surface area (Å²) < 4.78 is 5.21. The lowest BCUT2D eigenvalue weighted by Gasteiger charge is -2.20. The zero-order valence-corrected chi connectivity index (χ0v) is 10.5. The third-order valence-electron chi connectivity index (χ3n) is 3.51. The Kier molecular flexibility index (Phi) is 4.24. The highest BCUT2D eigenvalue weighted by molar-refractivity contribution is 5.92. The second-order valence-corrected chi connectivity index (χ2v) is 4.95. The normalized spacial score (nSPS) is 18.4. The third kappa shape index (κ3) is 3.35. The molecular formula is C14H21NO2. The number of rotatable bonds is 2. The van der Waals surface area contributed by atoms with Gasteiger partial charge >= 0.3 is 0 Å². The van der Waals surface area contributed by atoms with Gasteiger partial charge in [0.15, 0.2) is 5.76 Å². The summed E-state index contributed by atoms with van der Waals surface area (Å²) in [6.45, 7) is 1.90. The lowest BCUT2D eigenvalue weighted by molar-refractivity contribution is 0.0901. The van der Waals surface area contributed by atoms with E-state index in [9.17, 15) is 4.79 Å². The van der Waals surface area contributed by atoms with Gasteiger partial charge in [-0.2, -0.15) is 0 Å². The highest BCUT2D eigenvalue weighted by Crippen LogP contribution is 2.18. The number of carbonyl (C=O) groups is 1. The number of furan rings is 1. The average molecular weight is 235 g/mol. The number of hydrogen-bond acceptors (Lipinski definition) is 2. The monoisotopic (exact) mass is 235 g/mol. The van der Waals surface area contributed by atoms with Crippen LogP contribution in [-0.4, -0.2) is 11.9 Å². The molecule has 1 fully saturated rings. The van der Waals surface area contributed by atoms with Crippen molar-refractivity contribution in [3.05, 3.63) is 23.7 Å². The third-order valence-corrected chi connectivity index (χ3v) is 3.51. The molecule has 0 spiro atoms. The van der Waals surface area contributed by atoms with E-state index in [1.807, 2.05) is 13.0 Å². The van der Waals surface area contributed by atoms with Gasteiger partial charge in [0.2, 0.25) is 0 Å². The Hall–Kier alpha value is -1.25. The number of aryl methyl sites for hydroxylation is 1. The first kappa shape index (κ1) is 12.2. The van der Waals surface area contributed by atoms with Crippen molar-refractivity contribution in [3.8, 4) is 0 Å². The summed E-state index contributed by atoms with van der Waals surface area (Å²) in [6.07, 6.45) is 10.2. The molecule has 0 unspecified atom stereocenters. The van der Waals surface area contributed by atoms with Crippen molar-refractivity contribution in [3.63, 3.8) is 0 Å². The van der Waals surface area contributed by atoms with Crippen molar-refractivity contribution >= 4 is 5.91 Å². The second-order valence-electron chi connectivity index (χ2n) is 4.95. The maximum atomic E-state index is 12.0.